The summed E-state index contributed by atoms with van der Waals surface area (Å²) in [5, 5.41) is 5.35. The van der Waals surface area contributed by atoms with Crippen molar-refractivity contribution in [3.05, 3.63) is 24.0 Å². The Labute approximate surface area is 165 Å². The average molecular weight is 408 g/mol. The number of rotatable bonds is 5. The molecule has 0 bridgehead atoms. The lowest BCUT2D eigenvalue weighted by Gasteiger charge is -2.31. The van der Waals surface area contributed by atoms with E-state index in [1.165, 1.54) is 4.52 Å². The number of methoxy groups -OCH3 is 1. The van der Waals surface area contributed by atoms with E-state index >= 15 is 0 Å². The number of halogens is 3. The molecule has 0 spiro atoms. The first-order valence-corrected chi connectivity index (χ1v) is 9.63. The number of nitrogen functional groups attached to an aromatic ring is 1. The van der Waals surface area contributed by atoms with E-state index in [2.05, 4.69) is 15.0 Å². The third-order valence-corrected chi connectivity index (χ3v) is 5.33. The van der Waals surface area contributed by atoms with E-state index < -0.39 is 12.6 Å². The van der Waals surface area contributed by atoms with Crippen molar-refractivity contribution in [3.8, 4) is 5.75 Å². The van der Waals surface area contributed by atoms with Gasteiger partial charge in [-0.25, -0.2) is 9.97 Å². The van der Waals surface area contributed by atoms with Crippen LogP contribution in [-0.2, 0) is 0 Å². The van der Waals surface area contributed by atoms with Crippen LogP contribution < -0.4 is 10.5 Å². The summed E-state index contributed by atoms with van der Waals surface area (Å²) in [7, 11) is 1.57. The second-order valence-corrected chi connectivity index (χ2v) is 7.39. The second kappa shape index (κ2) is 7.66. The predicted molar refractivity (Wildman–Crippen MR) is 103 cm³/mol. The molecule has 3 aromatic rings. The highest BCUT2D eigenvalue weighted by Gasteiger charge is 2.29. The summed E-state index contributed by atoms with van der Waals surface area (Å²) in [5.74, 6) is 1.52. The lowest BCUT2D eigenvalue weighted by molar-refractivity contribution is -0.136. The molecular formula is C19H23F3N6O. The number of likely N-dealkylation sites (tertiary alicyclic amines) is 1. The van der Waals surface area contributed by atoms with Gasteiger partial charge >= 0.3 is 6.18 Å². The van der Waals surface area contributed by atoms with Gasteiger partial charge in [-0.05, 0) is 44.5 Å². The van der Waals surface area contributed by atoms with Crippen molar-refractivity contribution in [2.24, 2.45) is 0 Å². The van der Waals surface area contributed by atoms with Crippen molar-refractivity contribution in [1.29, 1.82) is 0 Å². The van der Waals surface area contributed by atoms with E-state index in [9.17, 15) is 13.2 Å². The van der Waals surface area contributed by atoms with Gasteiger partial charge in [-0.15, -0.1) is 5.10 Å². The lowest BCUT2D eigenvalue weighted by Crippen LogP contribution is -2.35. The fourth-order valence-corrected chi connectivity index (χ4v) is 3.95. The van der Waals surface area contributed by atoms with E-state index in [0.717, 1.165) is 24.8 Å². The Bertz CT molecular complexity index is 1020. The normalized spacial score (nSPS) is 18.6. The molecular weight excluding hydrogens is 385 g/mol. The fourth-order valence-electron chi connectivity index (χ4n) is 3.95. The van der Waals surface area contributed by atoms with E-state index in [-0.39, 0.29) is 18.3 Å². The van der Waals surface area contributed by atoms with E-state index in [1.54, 1.807) is 7.11 Å². The van der Waals surface area contributed by atoms with Crippen molar-refractivity contribution in [3.63, 3.8) is 0 Å². The predicted octanol–water partition coefficient (Wildman–Crippen LogP) is 3.39. The Morgan fingerprint density at radius 3 is 2.86 bits per heavy atom. The van der Waals surface area contributed by atoms with E-state index in [0.29, 0.717) is 35.8 Å². The maximum atomic E-state index is 12.4. The summed E-state index contributed by atoms with van der Waals surface area (Å²) < 4.78 is 44.2. The van der Waals surface area contributed by atoms with Gasteiger partial charge in [0.25, 0.3) is 0 Å². The minimum absolute atomic E-state index is 0.0506. The third-order valence-electron chi connectivity index (χ3n) is 5.33. The SMILES string of the molecule is COc1cccc2c1nc(N)n1nc(C3CCCN(CCCC(F)(F)F)C3)nc21. The molecule has 1 fully saturated rings. The first-order chi connectivity index (χ1) is 13.9. The van der Waals surface area contributed by atoms with Gasteiger partial charge in [-0.2, -0.15) is 17.7 Å². The molecule has 1 aliphatic heterocycles. The summed E-state index contributed by atoms with van der Waals surface area (Å²) in [6.45, 7) is 1.86. The molecule has 1 aliphatic rings. The quantitative estimate of drug-likeness (QED) is 0.697. The Morgan fingerprint density at radius 2 is 2.10 bits per heavy atom. The molecule has 156 valence electrons. The molecule has 1 atom stereocenters. The van der Waals surface area contributed by atoms with Gasteiger partial charge < -0.3 is 15.4 Å². The number of aromatic nitrogens is 4. The molecule has 29 heavy (non-hydrogen) atoms. The lowest BCUT2D eigenvalue weighted by atomic mass is 9.97. The number of para-hydroxylation sites is 1. The molecule has 0 saturated carbocycles. The summed E-state index contributed by atoms with van der Waals surface area (Å²) in [6, 6.07) is 5.56. The number of hydrogen-bond acceptors (Lipinski definition) is 6. The van der Waals surface area contributed by atoms with Gasteiger partial charge in [-0.3, -0.25) is 0 Å². The van der Waals surface area contributed by atoms with Crippen LogP contribution in [-0.4, -0.2) is 57.4 Å². The molecule has 0 amide bonds. The number of anilines is 1. The average Bonchev–Trinajstić information content (AvgIpc) is 3.13. The minimum atomic E-state index is -4.11. The van der Waals surface area contributed by atoms with Crippen molar-refractivity contribution in [2.75, 3.05) is 32.5 Å². The zero-order valence-corrected chi connectivity index (χ0v) is 16.1. The first-order valence-electron chi connectivity index (χ1n) is 9.63. The number of fused-ring (bicyclic) bond motifs is 3. The van der Waals surface area contributed by atoms with Crippen LogP contribution in [0.4, 0.5) is 19.1 Å². The molecule has 1 saturated heterocycles. The number of nitrogens with zero attached hydrogens (tertiary/aromatic N) is 5. The molecule has 10 heteroatoms. The zero-order valence-electron chi connectivity index (χ0n) is 16.1. The van der Waals surface area contributed by atoms with Crippen molar-refractivity contribution >= 4 is 22.5 Å². The maximum Gasteiger partial charge on any atom is 0.389 e. The molecule has 2 N–H and O–H groups in total. The molecule has 3 heterocycles. The van der Waals surface area contributed by atoms with E-state index in [4.69, 9.17) is 15.5 Å². The van der Waals surface area contributed by atoms with Crippen LogP contribution in [0.3, 0.4) is 0 Å². The molecule has 2 aromatic heterocycles. The largest absolute Gasteiger partial charge is 0.494 e. The van der Waals surface area contributed by atoms with Crippen LogP contribution in [0.25, 0.3) is 16.6 Å². The van der Waals surface area contributed by atoms with Crippen molar-refractivity contribution in [1.82, 2.24) is 24.5 Å². The zero-order chi connectivity index (χ0) is 20.6. The first kappa shape index (κ1) is 19.7. The van der Waals surface area contributed by atoms with Crippen LogP contribution in [0, 0.1) is 0 Å². The maximum absolute atomic E-state index is 12.4. The van der Waals surface area contributed by atoms with Gasteiger partial charge in [0, 0.05) is 24.3 Å². The Balaban J connectivity index is 1.59. The molecule has 0 radical (unpaired) electrons. The third kappa shape index (κ3) is 4.07. The van der Waals surface area contributed by atoms with Crippen LogP contribution in [0.1, 0.15) is 37.4 Å². The minimum Gasteiger partial charge on any atom is -0.494 e. The fraction of sp³-hybridized carbons (Fsp3) is 0.526. The Hall–Kier alpha value is -2.62. The number of nitrogens with two attached hydrogens (primary N) is 1. The summed E-state index contributed by atoms with van der Waals surface area (Å²) in [6.07, 6.45) is -2.96. The van der Waals surface area contributed by atoms with Crippen molar-refractivity contribution in [2.45, 2.75) is 37.8 Å². The van der Waals surface area contributed by atoms with Gasteiger partial charge in [0.05, 0.1) is 7.11 Å². The Kier molecular flexibility index (Phi) is 5.20. The van der Waals surface area contributed by atoms with E-state index in [1.807, 2.05) is 18.2 Å². The molecule has 1 aromatic carbocycles. The monoisotopic (exact) mass is 408 g/mol. The topological polar surface area (TPSA) is 81.6 Å². The standard InChI is InChI=1S/C19H23F3N6O/c1-29-14-7-2-6-13-15(14)24-18(23)28-17(13)25-16(26-28)12-5-3-9-27(11-12)10-4-8-19(20,21)22/h2,6-7,12H,3-5,8-11H2,1H3,(H2,23,24). The van der Waals surface area contributed by atoms with Crippen LogP contribution in [0.5, 0.6) is 5.75 Å². The number of hydrogen-bond donors (Lipinski definition) is 1. The number of benzene rings is 1. The molecule has 4 rings (SSSR count). The number of piperidine rings is 1. The Morgan fingerprint density at radius 1 is 1.28 bits per heavy atom. The van der Waals surface area contributed by atoms with Gasteiger partial charge in [0.15, 0.2) is 11.5 Å². The highest BCUT2D eigenvalue weighted by Crippen LogP contribution is 2.30. The van der Waals surface area contributed by atoms with Crippen LogP contribution in [0.15, 0.2) is 18.2 Å². The number of alkyl halides is 3. The molecule has 0 aliphatic carbocycles. The van der Waals surface area contributed by atoms with Crippen molar-refractivity contribution < 1.29 is 17.9 Å². The highest BCUT2D eigenvalue weighted by molar-refractivity contribution is 5.95. The second-order valence-electron chi connectivity index (χ2n) is 7.39. The number of ether oxygens (including phenoxy) is 1. The highest BCUT2D eigenvalue weighted by atomic mass is 19.4. The van der Waals surface area contributed by atoms with Crippen LogP contribution in [0.2, 0.25) is 0 Å². The smallest absolute Gasteiger partial charge is 0.389 e. The molecule has 1 unspecified atom stereocenters. The van der Waals surface area contributed by atoms with Gasteiger partial charge in [0.2, 0.25) is 5.95 Å². The summed E-state index contributed by atoms with van der Waals surface area (Å²) >= 11 is 0. The molecule has 7 nitrogen and oxygen atoms in total. The van der Waals surface area contributed by atoms with Crippen LogP contribution >= 0.6 is 0 Å². The summed E-state index contributed by atoms with van der Waals surface area (Å²) in [5.41, 5.74) is 7.33. The summed E-state index contributed by atoms with van der Waals surface area (Å²) in [4.78, 5) is 11.2. The van der Waals surface area contributed by atoms with Gasteiger partial charge in [0.1, 0.15) is 11.3 Å². The van der Waals surface area contributed by atoms with Gasteiger partial charge in [-0.1, -0.05) is 6.07 Å².